The summed E-state index contributed by atoms with van der Waals surface area (Å²) in [6.45, 7) is 5.91. The van der Waals surface area contributed by atoms with Crippen LogP contribution in [0.1, 0.15) is 63.1 Å². The van der Waals surface area contributed by atoms with Crippen molar-refractivity contribution in [3.63, 3.8) is 0 Å². The molecule has 0 aliphatic carbocycles. The summed E-state index contributed by atoms with van der Waals surface area (Å²) in [5.41, 5.74) is 3.86. The smallest absolute Gasteiger partial charge is 0.339 e. The number of pyridine rings is 1. The Hall–Kier alpha value is -3.81. The molecule has 0 saturated heterocycles. The number of amides is 1. The Morgan fingerprint density at radius 1 is 1.12 bits per heavy atom. The van der Waals surface area contributed by atoms with Gasteiger partial charge in [-0.15, -0.1) is 0 Å². The van der Waals surface area contributed by atoms with Gasteiger partial charge in [-0.25, -0.2) is 4.79 Å². The van der Waals surface area contributed by atoms with Gasteiger partial charge in [0, 0.05) is 18.1 Å². The molecule has 1 aromatic carbocycles. The van der Waals surface area contributed by atoms with Crippen LogP contribution in [0.2, 0.25) is 0 Å². The van der Waals surface area contributed by atoms with Crippen molar-refractivity contribution < 1.29 is 23.8 Å². The summed E-state index contributed by atoms with van der Waals surface area (Å²) in [5.74, 6) is 0.411. The first-order valence-corrected chi connectivity index (χ1v) is 10.7. The predicted molar refractivity (Wildman–Crippen MR) is 124 cm³/mol. The zero-order valence-electron chi connectivity index (χ0n) is 19.5. The molecule has 8 nitrogen and oxygen atoms in total. The Labute approximate surface area is 193 Å². The van der Waals surface area contributed by atoms with Crippen LogP contribution in [0.3, 0.4) is 0 Å². The second-order valence-corrected chi connectivity index (χ2v) is 7.57. The maximum atomic E-state index is 13.0. The van der Waals surface area contributed by atoms with Crippen LogP contribution in [0, 0.1) is 6.92 Å². The Morgan fingerprint density at radius 3 is 2.48 bits per heavy atom. The highest BCUT2D eigenvalue weighted by molar-refractivity contribution is 6.00. The number of aromatic nitrogens is 2. The monoisotopic (exact) mass is 451 g/mol. The largest absolute Gasteiger partial charge is 0.493 e. The Balaban J connectivity index is 1.74. The van der Waals surface area contributed by atoms with Crippen LogP contribution >= 0.6 is 0 Å². The number of hydrogen-bond donors (Lipinski definition) is 2. The van der Waals surface area contributed by atoms with Gasteiger partial charge in [-0.3, -0.25) is 9.78 Å². The van der Waals surface area contributed by atoms with Gasteiger partial charge in [-0.2, -0.15) is 0 Å². The lowest BCUT2D eigenvalue weighted by molar-refractivity contribution is 0.0599. The van der Waals surface area contributed by atoms with E-state index in [4.69, 9.17) is 14.2 Å². The molecule has 1 atom stereocenters. The summed E-state index contributed by atoms with van der Waals surface area (Å²) < 4.78 is 16.3. The summed E-state index contributed by atoms with van der Waals surface area (Å²) in [4.78, 5) is 32.2. The van der Waals surface area contributed by atoms with Gasteiger partial charge in [0.05, 0.1) is 25.8 Å². The maximum Gasteiger partial charge on any atom is 0.339 e. The van der Waals surface area contributed by atoms with E-state index in [1.54, 1.807) is 26.4 Å². The second-order valence-electron chi connectivity index (χ2n) is 7.57. The van der Waals surface area contributed by atoms with E-state index in [0.29, 0.717) is 47.0 Å². The number of ether oxygens (including phenoxy) is 3. The summed E-state index contributed by atoms with van der Waals surface area (Å²) in [6, 6.07) is 9.00. The van der Waals surface area contributed by atoms with Gasteiger partial charge in [-0.1, -0.05) is 13.0 Å². The number of nitrogens with one attached hydrogen (secondary N) is 2. The van der Waals surface area contributed by atoms with Crippen LogP contribution < -0.4 is 14.8 Å². The molecule has 0 spiro atoms. The average Bonchev–Trinajstić information content (AvgIpc) is 3.18. The lowest BCUT2D eigenvalue weighted by Gasteiger charge is -2.17. The molecule has 0 fully saturated rings. The van der Waals surface area contributed by atoms with Crippen molar-refractivity contribution in [1.82, 2.24) is 15.3 Å². The number of aryl methyl sites for hydroxylation is 1. The van der Waals surface area contributed by atoms with Crippen LogP contribution in [-0.2, 0) is 17.8 Å². The van der Waals surface area contributed by atoms with Gasteiger partial charge in [0.15, 0.2) is 11.5 Å². The zero-order chi connectivity index (χ0) is 24.0. The van der Waals surface area contributed by atoms with Crippen LogP contribution in [0.15, 0.2) is 42.7 Å². The molecule has 0 radical (unpaired) electrons. The molecular formula is C25H29N3O5. The first kappa shape index (κ1) is 23.8. The molecule has 2 N–H and O–H groups in total. The molecule has 8 heteroatoms. The molecule has 2 aromatic heterocycles. The molecule has 3 rings (SSSR count). The summed E-state index contributed by atoms with van der Waals surface area (Å²) >= 11 is 0. The molecule has 1 unspecified atom stereocenters. The Morgan fingerprint density at radius 2 is 1.85 bits per heavy atom. The molecule has 0 saturated carbocycles. The van der Waals surface area contributed by atoms with E-state index >= 15 is 0 Å². The maximum absolute atomic E-state index is 13.0. The number of benzene rings is 1. The van der Waals surface area contributed by atoms with Crippen molar-refractivity contribution in [2.24, 2.45) is 0 Å². The van der Waals surface area contributed by atoms with E-state index in [2.05, 4.69) is 15.3 Å². The molecule has 3 aromatic rings. The van der Waals surface area contributed by atoms with Crippen LogP contribution in [-0.4, -0.2) is 36.1 Å². The summed E-state index contributed by atoms with van der Waals surface area (Å²) in [7, 11) is 2.90. The van der Waals surface area contributed by atoms with Crippen LogP contribution in [0.5, 0.6) is 11.5 Å². The first-order valence-electron chi connectivity index (χ1n) is 10.7. The third-order valence-electron chi connectivity index (χ3n) is 5.48. The molecule has 33 heavy (non-hydrogen) atoms. The SMILES string of the molecule is CCc1[nH]c(C(=O)NC(C)c2ccc(OCc3ccncc3)c(OC)c2)c(C)c1C(=O)OC. The van der Waals surface area contributed by atoms with Gasteiger partial charge < -0.3 is 24.5 Å². The van der Waals surface area contributed by atoms with E-state index in [-0.39, 0.29) is 11.9 Å². The molecule has 2 heterocycles. The fraction of sp³-hybridized carbons (Fsp3) is 0.320. The van der Waals surface area contributed by atoms with E-state index in [0.717, 1.165) is 11.1 Å². The summed E-state index contributed by atoms with van der Waals surface area (Å²) in [5, 5.41) is 2.98. The number of aromatic amines is 1. The molecular weight excluding hydrogens is 422 g/mol. The van der Waals surface area contributed by atoms with E-state index in [9.17, 15) is 9.59 Å². The quantitative estimate of drug-likeness (QED) is 0.474. The third-order valence-corrected chi connectivity index (χ3v) is 5.48. The highest BCUT2D eigenvalue weighted by Crippen LogP contribution is 2.31. The normalized spacial score (nSPS) is 11.5. The number of nitrogens with zero attached hydrogens (tertiary/aromatic N) is 1. The van der Waals surface area contributed by atoms with Crippen molar-refractivity contribution >= 4 is 11.9 Å². The van der Waals surface area contributed by atoms with E-state index < -0.39 is 5.97 Å². The minimum absolute atomic E-state index is 0.304. The fourth-order valence-electron chi connectivity index (χ4n) is 3.59. The standard InChI is InChI=1S/C25H29N3O5/c1-6-19-22(25(30)32-5)15(2)23(28-19)24(29)27-16(3)18-7-8-20(21(13-18)31-4)33-14-17-9-11-26-12-10-17/h7-13,16,28H,6,14H2,1-5H3,(H,27,29). The number of carbonyl (C=O) groups is 2. The molecule has 1 amide bonds. The van der Waals surface area contributed by atoms with Gasteiger partial charge in [-0.05, 0) is 61.2 Å². The minimum Gasteiger partial charge on any atom is -0.493 e. The van der Waals surface area contributed by atoms with Crippen molar-refractivity contribution in [3.8, 4) is 11.5 Å². The predicted octanol–water partition coefficient (Wildman–Crippen LogP) is 4.15. The Kier molecular flexibility index (Phi) is 7.71. The lowest BCUT2D eigenvalue weighted by atomic mass is 10.1. The number of methoxy groups -OCH3 is 2. The second kappa shape index (κ2) is 10.7. The lowest BCUT2D eigenvalue weighted by Crippen LogP contribution is -2.27. The molecule has 0 aliphatic rings. The minimum atomic E-state index is -0.459. The molecule has 174 valence electrons. The number of carbonyl (C=O) groups excluding carboxylic acids is 2. The third kappa shape index (κ3) is 5.34. The number of H-pyrrole nitrogens is 1. The van der Waals surface area contributed by atoms with Gasteiger partial charge in [0.2, 0.25) is 0 Å². The van der Waals surface area contributed by atoms with Gasteiger partial charge >= 0.3 is 5.97 Å². The van der Waals surface area contributed by atoms with Gasteiger partial charge in [0.1, 0.15) is 12.3 Å². The van der Waals surface area contributed by atoms with Crippen molar-refractivity contribution in [1.29, 1.82) is 0 Å². The van der Waals surface area contributed by atoms with Gasteiger partial charge in [0.25, 0.3) is 5.91 Å². The fourth-order valence-corrected chi connectivity index (χ4v) is 3.59. The van der Waals surface area contributed by atoms with E-state index in [1.165, 1.54) is 7.11 Å². The average molecular weight is 452 g/mol. The van der Waals surface area contributed by atoms with Crippen LogP contribution in [0.25, 0.3) is 0 Å². The zero-order valence-corrected chi connectivity index (χ0v) is 19.5. The number of hydrogen-bond acceptors (Lipinski definition) is 6. The Bertz CT molecular complexity index is 1120. The first-order chi connectivity index (χ1) is 15.9. The number of esters is 1. The summed E-state index contributed by atoms with van der Waals surface area (Å²) in [6.07, 6.45) is 4.01. The van der Waals surface area contributed by atoms with Crippen molar-refractivity contribution in [3.05, 3.63) is 76.4 Å². The highest BCUT2D eigenvalue weighted by atomic mass is 16.5. The molecule has 0 bridgehead atoms. The highest BCUT2D eigenvalue weighted by Gasteiger charge is 2.24. The van der Waals surface area contributed by atoms with Crippen molar-refractivity contribution in [2.75, 3.05) is 14.2 Å². The van der Waals surface area contributed by atoms with Crippen LogP contribution in [0.4, 0.5) is 0 Å². The topological polar surface area (TPSA) is 103 Å². The molecule has 0 aliphatic heterocycles. The number of rotatable bonds is 9. The van der Waals surface area contributed by atoms with Crippen molar-refractivity contribution in [2.45, 2.75) is 39.8 Å². The van der Waals surface area contributed by atoms with E-state index in [1.807, 2.05) is 44.2 Å².